The average Bonchev–Trinajstić information content (AvgIpc) is 3.59. The third-order valence-electron chi connectivity index (χ3n) is 7.62. The van der Waals surface area contributed by atoms with Gasteiger partial charge in [0.2, 0.25) is 0 Å². The Balaban J connectivity index is 0.00000180. The number of rotatable bonds is 11. The van der Waals surface area contributed by atoms with Gasteiger partial charge in [-0.2, -0.15) is 8.75 Å². The Bertz CT molecular complexity index is 1260. The molecule has 0 atom stereocenters. The summed E-state index contributed by atoms with van der Waals surface area (Å²) in [4.78, 5) is 5.91. The van der Waals surface area contributed by atoms with Crippen molar-refractivity contribution >= 4 is 45.4 Å². The molecule has 0 spiro atoms. The Morgan fingerprint density at radius 3 is 2.00 bits per heavy atom. The first-order valence-electron chi connectivity index (χ1n) is 13.1. The summed E-state index contributed by atoms with van der Waals surface area (Å²) in [5.74, 6) is 0. The van der Waals surface area contributed by atoms with Gasteiger partial charge in [0, 0.05) is 30.5 Å². The summed E-state index contributed by atoms with van der Waals surface area (Å²) >= 11 is 5.34. The zero-order valence-corrected chi connectivity index (χ0v) is 23.4. The second kappa shape index (κ2) is 12.3. The molecule has 5 rings (SSSR count). The lowest BCUT2D eigenvalue weighted by Gasteiger charge is -2.31. The molecule has 5 heteroatoms. The standard InChI is InChI=1S/C29H36N2S3.2CH4/c1-5-7-9-11-15-29(16-12-10-8-6-2)22-17-20(4)32-27(22)28-23(29)18-24(33-28)21-14-13-19(3)25-26(21)31-34-30-25;;/h13-14,17-18H,5-12,15-16H2,1-4H3;2*1H4. The van der Waals surface area contributed by atoms with Gasteiger partial charge in [-0.05, 0) is 55.5 Å². The fourth-order valence-corrected chi connectivity index (χ4v) is 8.96. The summed E-state index contributed by atoms with van der Waals surface area (Å²) < 4.78 is 9.29. The number of aryl methyl sites for hydroxylation is 2. The maximum atomic E-state index is 4.70. The average molecular weight is 541 g/mol. The molecule has 36 heavy (non-hydrogen) atoms. The van der Waals surface area contributed by atoms with Crippen molar-refractivity contribution in [2.24, 2.45) is 0 Å². The molecule has 3 heterocycles. The van der Waals surface area contributed by atoms with Crippen LogP contribution in [0.15, 0.2) is 24.3 Å². The summed E-state index contributed by atoms with van der Waals surface area (Å²) in [6.45, 7) is 9.06. The van der Waals surface area contributed by atoms with Crippen molar-refractivity contribution in [2.45, 2.75) is 112 Å². The lowest BCUT2D eigenvalue weighted by atomic mass is 9.71. The first kappa shape index (κ1) is 29.0. The SMILES string of the molecule is C.C.CCCCCCC1(CCCCCC)c2cc(C)sc2-c2sc(-c3ccc(C)c4nsnc34)cc21. The summed E-state index contributed by atoms with van der Waals surface area (Å²) in [6, 6.07) is 9.56. The molecule has 2 nitrogen and oxygen atoms in total. The first-order chi connectivity index (χ1) is 16.6. The predicted molar refractivity (Wildman–Crippen MR) is 165 cm³/mol. The maximum absolute atomic E-state index is 4.70. The molecule has 4 aromatic rings. The number of unbranched alkanes of at least 4 members (excludes halogenated alkanes) is 6. The number of hydrogen-bond acceptors (Lipinski definition) is 5. The molecule has 0 fully saturated rings. The quantitative estimate of drug-likeness (QED) is 0.177. The molecule has 0 unspecified atom stereocenters. The van der Waals surface area contributed by atoms with Gasteiger partial charge < -0.3 is 0 Å². The van der Waals surface area contributed by atoms with Crippen LogP contribution >= 0.6 is 34.4 Å². The number of nitrogens with zero attached hydrogens (tertiary/aromatic N) is 2. The van der Waals surface area contributed by atoms with Gasteiger partial charge in [-0.1, -0.05) is 92.2 Å². The molecule has 196 valence electrons. The number of aromatic nitrogens is 2. The first-order valence-corrected chi connectivity index (χ1v) is 15.4. The summed E-state index contributed by atoms with van der Waals surface area (Å²) in [5, 5.41) is 0. The highest BCUT2D eigenvalue weighted by Crippen LogP contribution is 2.60. The molecule has 0 bridgehead atoms. The number of benzene rings is 1. The smallest absolute Gasteiger partial charge is 0.113 e. The summed E-state index contributed by atoms with van der Waals surface area (Å²) in [5.41, 5.74) is 8.05. The van der Waals surface area contributed by atoms with Gasteiger partial charge in [0.05, 0.1) is 11.7 Å². The highest BCUT2D eigenvalue weighted by molar-refractivity contribution is 7.24. The normalized spacial score (nSPS) is 13.3. The predicted octanol–water partition coefficient (Wildman–Crippen LogP) is 11.6. The zero-order valence-electron chi connectivity index (χ0n) is 21.0. The van der Waals surface area contributed by atoms with Crippen molar-refractivity contribution in [2.75, 3.05) is 0 Å². The monoisotopic (exact) mass is 540 g/mol. The molecule has 3 aromatic heterocycles. The summed E-state index contributed by atoms with van der Waals surface area (Å²) in [7, 11) is 0. The van der Waals surface area contributed by atoms with Gasteiger partial charge >= 0.3 is 0 Å². The van der Waals surface area contributed by atoms with Crippen LogP contribution in [-0.2, 0) is 5.41 Å². The molecule has 0 saturated carbocycles. The molecule has 1 aromatic carbocycles. The van der Waals surface area contributed by atoms with E-state index in [1.54, 1.807) is 16.0 Å². The van der Waals surface area contributed by atoms with Crippen LogP contribution in [0, 0.1) is 13.8 Å². The molecule has 1 aliphatic carbocycles. The Hall–Kier alpha value is -1.56. The lowest BCUT2D eigenvalue weighted by molar-refractivity contribution is 0.402. The van der Waals surface area contributed by atoms with Crippen LogP contribution in [0.5, 0.6) is 0 Å². The van der Waals surface area contributed by atoms with Crippen molar-refractivity contribution in [3.63, 3.8) is 0 Å². The minimum absolute atomic E-state index is 0. The van der Waals surface area contributed by atoms with Gasteiger partial charge in [0.1, 0.15) is 11.0 Å². The van der Waals surface area contributed by atoms with Gasteiger partial charge in [0.15, 0.2) is 0 Å². The number of fused-ring (bicyclic) bond motifs is 4. The van der Waals surface area contributed by atoms with Crippen molar-refractivity contribution < 1.29 is 0 Å². The van der Waals surface area contributed by atoms with Crippen LogP contribution in [0.1, 0.15) is 114 Å². The second-order valence-corrected chi connectivity index (χ2v) is 12.9. The molecular formula is C31H44N2S3. The minimum Gasteiger partial charge on any atom is -0.173 e. The molecule has 0 radical (unpaired) electrons. The van der Waals surface area contributed by atoms with E-state index in [0.717, 1.165) is 11.0 Å². The van der Waals surface area contributed by atoms with E-state index in [-0.39, 0.29) is 20.3 Å². The molecule has 0 N–H and O–H groups in total. The van der Waals surface area contributed by atoms with Crippen LogP contribution in [0.3, 0.4) is 0 Å². The Morgan fingerprint density at radius 1 is 0.722 bits per heavy atom. The van der Waals surface area contributed by atoms with Crippen LogP contribution in [0.4, 0.5) is 0 Å². The van der Waals surface area contributed by atoms with E-state index in [1.807, 2.05) is 22.7 Å². The molecule has 0 saturated heterocycles. The van der Waals surface area contributed by atoms with Crippen molar-refractivity contribution in [3.05, 3.63) is 45.8 Å². The third-order valence-corrected chi connectivity index (χ3v) is 10.5. The molecule has 0 aliphatic heterocycles. The van der Waals surface area contributed by atoms with Crippen molar-refractivity contribution in [1.29, 1.82) is 0 Å². The Kier molecular flexibility index (Phi) is 9.93. The van der Waals surface area contributed by atoms with Gasteiger partial charge in [0.25, 0.3) is 0 Å². The van der Waals surface area contributed by atoms with Crippen molar-refractivity contribution in [1.82, 2.24) is 8.75 Å². The highest BCUT2D eigenvalue weighted by Gasteiger charge is 2.45. The Labute approximate surface area is 231 Å². The lowest BCUT2D eigenvalue weighted by Crippen LogP contribution is -2.25. The van der Waals surface area contributed by atoms with E-state index in [9.17, 15) is 0 Å². The molecule has 0 amide bonds. The van der Waals surface area contributed by atoms with E-state index >= 15 is 0 Å². The van der Waals surface area contributed by atoms with E-state index in [4.69, 9.17) is 4.37 Å². The van der Waals surface area contributed by atoms with Gasteiger partial charge in [-0.25, -0.2) is 0 Å². The van der Waals surface area contributed by atoms with Crippen LogP contribution in [-0.4, -0.2) is 8.75 Å². The third kappa shape index (κ3) is 5.08. The van der Waals surface area contributed by atoms with Gasteiger partial charge in [-0.15, -0.1) is 22.7 Å². The molecule has 1 aliphatic rings. The zero-order chi connectivity index (χ0) is 23.7. The largest absolute Gasteiger partial charge is 0.173 e. The molecular weight excluding hydrogens is 497 g/mol. The topological polar surface area (TPSA) is 25.8 Å². The minimum atomic E-state index is 0. The second-order valence-electron chi connectivity index (χ2n) is 10.0. The van der Waals surface area contributed by atoms with Crippen LogP contribution in [0.2, 0.25) is 0 Å². The summed E-state index contributed by atoms with van der Waals surface area (Å²) in [6.07, 6.45) is 13.2. The maximum Gasteiger partial charge on any atom is 0.113 e. The highest BCUT2D eigenvalue weighted by atomic mass is 32.1. The van der Waals surface area contributed by atoms with E-state index in [1.165, 1.54) is 102 Å². The van der Waals surface area contributed by atoms with Crippen LogP contribution < -0.4 is 0 Å². The number of hydrogen-bond donors (Lipinski definition) is 0. The number of thiophene rings is 2. The van der Waals surface area contributed by atoms with E-state index < -0.39 is 0 Å². The fourth-order valence-electron chi connectivity index (χ4n) is 5.79. The fraction of sp³-hybridized carbons (Fsp3) is 0.548. The Morgan fingerprint density at radius 2 is 1.33 bits per heavy atom. The van der Waals surface area contributed by atoms with Crippen LogP contribution in [0.25, 0.3) is 31.2 Å². The van der Waals surface area contributed by atoms with E-state index in [0.29, 0.717) is 0 Å². The van der Waals surface area contributed by atoms with Crippen molar-refractivity contribution in [3.8, 4) is 20.2 Å². The van der Waals surface area contributed by atoms with Gasteiger partial charge in [-0.3, -0.25) is 0 Å². The van der Waals surface area contributed by atoms with E-state index in [2.05, 4.69) is 56.3 Å².